The van der Waals surface area contributed by atoms with Crippen molar-refractivity contribution in [3.05, 3.63) is 63.7 Å². The van der Waals surface area contributed by atoms with E-state index in [2.05, 4.69) is 20.9 Å². The molecule has 0 saturated heterocycles. The third kappa shape index (κ3) is 5.79. The van der Waals surface area contributed by atoms with E-state index in [1.54, 1.807) is 49.4 Å². The maximum absolute atomic E-state index is 13.5. The molecular weight excluding hydrogens is 448 g/mol. The Kier molecular flexibility index (Phi) is 7.52. The fraction of sp³-hybridized carbons (Fsp3) is 0.273. The largest absolute Gasteiger partial charge is 0.465 e. The van der Waals surface area contributed by atoms with E-state index in [0.717, 1.165) is 0 Å². The number of nitrogens with one attached hydrogen (secondary N) is 3. The number of carbonyl (C=O) groups is 2. The molecule has 0 radical (unpaired) electrons. The summed E-state index contributed by atoms with van der Waals surface area (Å²) in [6.07, 6.45) is -1.25. The molecule has 1 aromatic heterocycles. The van der Waals surface area contributed by atoms with Gasteiger partial charge < -0.3 is 26.0 Å². The van der Waals surface area contributed by atoms with E-state index in [0.29, 0.717) is 30.0 Å². The molecule has 1 unspecified atom stereocenters. The van der Waals surface area contributed by atoms with Gasteiger partial charge in [-0.15, -0.1) is 0 Å². The van der Waals surface area contributed by atoms with Crippen molar-refractivity contribution in [2.45, 2.75) is 13.0 Å². The molecule has 1 heterocycles. The number of carboxylic acid groups (broad SMARTS) is 1. The van der Waals surface area contributed by atoms with E-state index in [9.17, 15) is 19.5 Å². The Morgan fingerprint density at radius 1 is 1.21 bits per heavy atom. The van der Waals surface area contributed by atoms with E-state index in [1.165, 1.54) is 4.57 Å². The second kappa shape index (κ2) is 10.3. The van der Waals surface area contributed by atoms with Crippen molar-refractivity contribution in [3.63, 3.8) is 0 Å². The van der Waals surface area contributed by atoms with Gasteiger partial charge in [-0.05, 0) is 51.4 Å². The van der Waals surface area contributed by atoms with Gasteiger partial charge in [-0.2, -0.15) is 0 Å². The minimum atomic E-state index is -1.25. The monoisotopic (exact) mass is 472 g/mol. The van der Waals surface area contributed by atoms with Gasteiger partial charge in [-0.3, -0.25) is 9.36 Å². The highest BCUT2D eigenvalue weighted by molar-refractivity contribution is 6.35. The van der Waals surface area contributed by atoms with Crippen LogP contribution in [0.3, 0.4) is 0 Å². The number of likely N-dealkylation sites (N-methyl/N-ethyl adjacent to an activating group) is 1. The molecule has 0 spiro atoms. The number of benzene rings is 2. The van der Waals surface area contributed by atoms with Crippen LogP contribution < -0.4 is 21.5 Å². The first-order chi connectivity index (χ1) is 15.7. The van der Waals surface area contributed by atoms with Gasteiger partial charge in [-0.1, -0.05) is 23.7 Å². The Balaban J connectivity index is 2.05. The number of fused-ring (bicyclic) bond motifs is 1. The zero-order chi connectivity index (χ0) is 24.1. The van der Waals surface area contributed by atoms with Crippen molar-refractivity contribution in [1.29, 1.82) is 0 Å². The van der Waals surface area contributed by atoms with Crippen molar-refractivity contribution >= 4 is 40.3 Å². The molecule has 0 aliphatic heterocycles. The molecule has 0 aliphatic carbocycles. The van der Waals surface area contributed by atoms with Crippen molar-refractivity contribution in [2.75, 3.05) is 32.5 Å². The van der Waals surface area contributed by atoms with Crippen LogP contribution in [0.15, 0.2) is 47.3 Å². The smallest absolute Gasteiger partial charge is 0.405 e. The summed E-state index contributed by atoms with van der Waals surface area (Å²) in [6.45, 7) is 2.74. The molecule has 0 saturated carbocycles. The first kappa shape index (κ1) is 24.0. The number of urea groups is 1. The quantitative estimate of drug-likeness (QED) is 0.418. The molecule has 33 heavy (non-hydrogen) atoms. The maximum atomic E-state index is 13.5. The van der Waals surface area contributed by atoms with Crippen LogP contribution in [-0.4, -0.2) is 58.9 Å². The third-order valence-electron chi connectivity index (χ3n) is 4.81. The van der Waals surface area contributed by atoms with Gasteiger partial charge in [0, 0.05) is 18.8 Å². The fourth-order valence-electron chi connectivity index (χ4n) is 3.29. The molecule has 174 valence electrons. The zero-order valence-electron chi connectivity index (χ0n) is 18.4. The molecular formula is C22H25ClN6O4. The van der Waals surface area contributed by atoms with Crippen LogP contribution in [0.4, 0.5) is 15.3 Å². The highest BCUT2D eigenvalue weighted by Gasteiger charge is 2.20. The number of rotatable bonds is 7. The molecule has 0 bridgehead atoms. The Hall–Kier alpha value is -3.63. The van der Waals surface area contributed by atoms with E-state index in [4.69, 9.17) is 11.6 Å². The zero-order valence-corrected chi connectivity index (χ0v) is 19.2. The molecule has 11 heteroatoms. The number of nitrogens with zero attached hydrogens (tertiary/aromatic N) is 3. The van der Waals surface area contributed by atoms with Crippen LogP contribution in [-0.2, 0) is 0 Å². The highest BCUT2D eigenvalue weighted by Crippen LogP contribution is 2.24. The predicted octanol–water partition coefficient (Wildman–Crippen LogP) is 3.05. The highest BCUT2D eigenvalue weighted by atomic mass is 35.5. The van der Waals surface area contributed by atoms with Crippen molar-refractivity contribution < 1.29 is 14.7 Å². The molecule has 3 amide bonds. The van der Waals surface area contributed by atoms with Crippen LogP contribution in [0.1, 0.15) is 18.8 Å². The normalized spacial score (nSPS) is 11.9. The summed E-state index contributed by atoms with van der Waals surface area (Å²) in [5, 5.41) is 17.4. The summed E-state index contributed by atoms with van der Waals surface area (Å²) in [7, 11) is 3.81. The van der Waals surface area contributed by atoms with Crippen LogP contribution in [0.5, 0.6) is 0 Å². The van der Waals surface area contributed by atoms with E-state index in [-0.39, 0.29) is 22.3 Å². The topological polar surface area (TPSA) is 129 Å². The summed E-state index contributed by atoms with van der Waals surface area (Å²) in [5.41, 5.74) is 0.750. The van der Waals surface area contributed by atoms with Gasteiger partial charge in [0.25, 0.3) is 5.56 Å². The van der Waals surface area contributed by atoms with Gasteiger partial charge >= 0.3 is 12.1 Å². The minimum Gasteiger partial charge on any atom is -0.465 e. The first-order valence-electron chi connectivity index (χ1n) is 10.2. The summed E-state index contributed by atoms with van der Waals surface area (Å²) >= 11 is 6.28. The molecule has 1 atom stereocenters. The van der Waals surface area contributed by atoms with Gasteiger partial charge in [-0.25, -0.2) is 14.6 Å². The average molecular weight is 473 g/mol. The van der Waals surface area contributed by atoms with Crippen molar-refractivity contribution in [1.82, 2.24) is 25.1 Å². The second-order valence-corrected chi connectivity index (χ2v) is 8.06. The summed E-state index contributed by atoms with van der Waals surface area (Å²) in [5.74, 6) is 0.185. The number of amides is 3. The Labute approximate surface area is 195 Å². The third-order valence-corrected chi connectivity index (χ3v) is 5.12. The maximum Gasteiger partial charge on any atom is 0.405 e. The first-order valence-corrected chi connectivity index (χ1v) is 10.6. The number of anilines is 1. The fourth-order valence-corrected chi connectivity index (χ4v) is 3.54. The van der Waals surface area contributed by atoms with Crippen LogP contribution in [0.25, 0.3) is 16.6 Å². The van der Waals surface area contributed by atoms with E-state index >= 15 is 0 Å². The molecule has 0 aliphatic rings. The molecule has 4 N–H and O–H groups in total. The second-order valence-electron chi connectivity index (χ2n) is 7.65. The molecule has 0 fully saturated rings. The average Bonchev–Trinajstić information content (AvgIpc) is 2.72. The number of hydrogen-bond acceptors (Lipinski definition) is 5. The van der Waals surface area contributed by atoms with Gasteiger partial charge in [0.2, 0.25) is 0 Å². The Bertz CT molecular complexity index is 1240. The lowest BCUT2D eigenvalue weighted by atomic mass is 10.2. The van der Waals surface area contributed by atoms with E-state index in [1.807, 2.05) is 19.0 Å². The molecule has 3 aromatic rings. The molecule has 3 rings (SSSR count). The Morgan fingerprint density at radius 2 is 1.94 bits per heavy atom. The van der Waals surface area contributed by atoms with Gasteiger partial charge in [0.15, 0.2) is 0 Å². The van der Waals surface area contributed by atoms with E-state index < -0.39 is 17.7 Å². The van der Waals surface area contributed by atoms with Crippen molar-refractivity contribution in [2.24, 2.45) is 0 Å². The Morgan fingerprint density at radius 3 is 2.64 bits per heavy atom. The standard InChI is InChI=1S/C22H25ClN6O4/c1-13(25-22(32)33)19-27-17-9-5-8-16(23)18(17)20(30)29(19)15-7-4-6-14(12-15)26-21(31)24-10-11-28(2)3/h4-9,12-13,25H,10-11H2,1-3H3,(H,32,33)(H2,24,26,31). The number of halogens is 1. The summed E-state index contributed by atoms with van der Waals surface area (Å²) < 4.78 is 1.30. The number of hydrogen-bond donors (Lipinski definition) is 4. The summed E-state index contributed by atoms with van der Waals surface area (Å²) in [4.78, 5) is 43.4. The summed E-state index contributed by atoms with van der Waals surface area (Å²) in [6, 6.07) is 10.3. The lowest BCUT2D eigenvalue weighted by Gasteiger charge is -2.19. The van der Waals surface area contributed by atoms with Gasteiger partial charge in [0.1, 0.15) is 5.82 Å². The van der Waals surface area contributed by atoms with Gasteiger partial charge in [0.05, 0.1) is 27.7 Å². The van der Waals surface area contributed by atoms with Crippen LogP contribution in [0, 0.1) is 0 Å². The lowest BCUT2D eigenvalue weighted by Crippen LogP contribution is -2.34. The minimum absolute atomic E-state index is 0.185. The lowest BCUT2D eigenvalue weighted by molar-refractivity contribution is 0.190. The SMILES string of the molecule is CC(NC(=O)O)c1nc2cccc(Cl)c2c(=O)n1-c1cccc(NC(=O)NCCN(C)C)c1. The van der Waals surface area contributed by atoms with Crippen LogP contribution in [0.2, 0.25) is 5.02 Å². The van der Waals surface area contributed by atoms with Crippen molar-refractivity contribution in [3.8, 4) is 5.69 Å². The number of aromatic nitrogens is 2. The predicted molar refractivity (Wildman–Crippen MR) is 128 cm³/mol. The van der Waals surface area contributed by atoms with Crippen LogP contribution >= 0.6 is 11.6 Å². The molecule has 2 aromatic carbocycles. The molecule has 10 nitrogen and oxygen atoms in total. The number of carbonyl (C=O) groups excluding carboxylic acids is 1.